The molecular formula is C22H28N2O4. The Kier molecular flexibility index (Phi) is 5.87. The largest absolute Gasteiger partial charge is 0.492 e. The number of methoxy groups -OCH3 is 1. The molecule has 1 unspecified atom stereocenters. The van der Waals surface area contributed by atoms with Crippen LogP contribution in [0, 0.1) is 12.8 Å². The number of carbonyl (C=O) groups is 1. The van der Waals surface area contributed by atoms with E-state index in [1.165, 1.54) is 7.11 Å². The van der Waals surface area contributed by atoms with Gasteiger partial charge in [0, 0.05) is 0 Å². The normalized spacial score (nSPS) is 15.1. The molecule has 0 radical (unpaired) electrons. The third-order valence-corrected chi connectivity index (χ3v) is 5.36. The van der Waals surface area contributed by atoms with Crippen LogP contribution >= 0.6 is 0 Å². The summed E-state index contributed by atoms with van der Waals surface area (Å²) in [6.07, 6.45) is 2.85. The lowest BCUT2D eigenvalue weighted by molar-refractivity contribution is 0.0598. The number of fused-ring (bicyclic) bond motifs is 3. The van der Waals surface area contributed by atoms with E-state index in [-0.39, 0.29) is 11.5 Å². The van der Waals surface area contributed by atoms with Gasteiger partial charge in [0.25, 0.3) is 5.56 Å². The summed E-state index contributed by atoms with van der Waals surface area (Å²) in [7, 11) is 1.28. The topological polar surface area (TPSA) is 81.3 Å². The van der Waals surface area contributed by atoms with E-state index in [0.29, 0.717) is 18.2 Å². The highest BCUT2D eigenvalue weighted by molar-refractivity contribution is 5.90. The molecule has 0 bridgehead atoms. The highest BCUT2D eigenvalue weighted by atomic mass is 16.5. The zero-order chi connectivity index (χ0) is 20.4. The number of rotatable bonds is 6. The second-order valence-electron chi connectivity index (χ2n) is 7.67. The first kappa shape index (κ1) is 20.1. The van der Waals surface area contributed by atoms with E-state index < -0.39 is 11.5 Å². The molecule has 150 valence electrons. The summed E-state index contributed by atoms with van der Waals surface area (Å²) in [6.45, 7) is 8.99. The molecule has 1 N–H and O–H groups in total. The monoisotopic (exact) mass is 384 g/mol. The summed E-state index contributed by atoms with van der Waals surface area (Å²) in [6, 6.07) is 3.73. The number of hydrogen-bond donors (Lipinski definition) is 1. The Labute approximate surface area is 165 Å². The first-order valence-electron chi connectivity index (χ1n) is 9.86. The molecule has 0 aliphatic heterocycles. The van der Waals surface area contributed by atoms with Crippen LogP contribution in [0.25, 0.3) is 11.4 Å². The van der Waals surface area contributed by atoms with Crippen molar-refractivity contribution >= 4 is 5.97 Å². The maximum absolute atomic E-state index is 12.5. The Balaban J connectivity index is 2.13. The van der Waals surface area contributed by atoms with Crippen molar-refractivity contribution in [3.8, 4) is 17.1 Å². The SMILES string of the molecule is CCCCOc1cc2c(nc1C)-c1[nH]c(=O)c(C(=O)OC)cc1C(C(C)C)C2. The van der Waals surface area contributed by atoms with Gasteiger partial charge in [-0.25, -0.2) is 9.78 Å². The molecule has 6 nitrogen and oxygen atoms in total. The number of pyridine rings is 2. The second-order valence-corrected chi connectivity index (χ2v) is 7.67. The molecule has 2 aromatic heterocycles. The summed E-state index contributed by atoms with van der Waals surface area (Å²) >= 11 is 0. The van der Waals surface area contributed by atoms with Gasteiger partial charge in [0.2, 0.25) is 0 Å². The summed E-state index contributed by atoms with van der Waals surface area (Å²) in [5.41, 5.74) is 3.83. The molecule has 1 atom stereocenters. The standard InChI is InChI=1S/C22H28N2O4/c1-6-7-8-28-18-10-14-9-15(12(2)3)16-11-17(22(26)27-5)21(25)24-20(16)19(14)23-13(18)4/h10-12,15H,6-9H2,1-5H3,(H,24,25). The van der Waals surface area contributed by atoms with Gasteiger partial charge in [-0.3, -0.25) is 4.79 Å². The number of ether oxygens (including phenoxy) is 2. The fourth-order valence-corrected chi connectivity index (χ4v) is 3.71. The highest BCUT2D eigenvalue weighted by Crippen LogP contribution is 2.42. The number of nitrogens with zero attached hydrogens (tertiary/aromatic N) is 1. The van der Waals surface area contributed by atoms with Crippen LogP contribution in [-0.2, 0) is 11.2 Å². The van der Waals surface area contributed by atoms with E-state index in [1.54, 1.807) is 6.07 Å². The summed E-state index contributed by atoms with van der Waals surface area (Å²) in [5, 5.41) is 0. The number of aromatic amines is 1. The van der Waals surface area contributed by atoms with Crippen LogP contribution in [0.3, 0.4) is 0 Å². The van der Waals surface area contributed by atoms with Crippen LogP contribution in [0.1, 0.15) is 66.7 Å². The van der Waals surface area contributed by atoms with Crippen LogP contribution in [0.15, 0.2) is 16.9 Å². The molecule has 0 saturated heterocycles. The van der Waals surface area contributed by atoms with E-state index in [9.17, 15) is 9.59 Å². The molecule has 0 saturated carbocycles. The molecule has 0 amide bonds. The van der Waals surface area contributed by atoms with Gasteiger partial charge in [0.05, 0.1) is 30.8 Å². The van der Waals surface area contributed by atoms with E-state index in [4.69, 9.17) is 14.5 Å². The predicted molar refractivity (Wildman–Crippen MR) is 108 cm³/mol. The number of unbranched alkanes of at least 4 members (excludes halogenated alkanes) is 1. The van der Waals surface area contributed by atoms with Crippen molar-refractivity contribution in [2.45, 2.75) is 52.9 Å². The minimum absolute atomic E-state index is 0.0339. The van der Waals surface area contributed by atoms with Crippen LogP contribution in [-0.4, -0.2) is 29.7 Å². The molecule has 28 heavy (non-hydrogen) atoms. The van der Waals surface area contributed by atoms with Gasteiger partial charge in [0.15, 0.2) is 0 Å². The number of esters is 1. The molecule has 1 aliphatic rings. The van der Waals surface area contributed by atoms with Gasteiger partial charge < -0.3 is 14.5 Å². The van der Waals surface area contributed by atoms with Crippen molar-refractivity contribution in [3.05, 3.63) is 44.9 Å². The van der Waals surface area contributed by atoms with Crippen molar-refractivity contribution in [3.63, 3.8) is 0 Å². The molecule has 6 heteroatoms. The average Bonchev–Trinajstić information content (AvgIpc) is 2.67. The van der Waals surface area contributed by atoms with E-state index in [2.05, 4.69) is 31.8 Å². The smallest absolute Gasteiger partial charge is 0.343 e. The lowest BCUT2D eigenvalue weighted by Crippen LogP contribution is -2.26. The Hall–Kier alpha value is -2.63. The fraction of sp³-hybridized carbons (Fsp3) is 0.500. The molecular weight excluding hydrogens is 356 g/mol. The van der Waals surface area contributed by atoms with Crippen LogP contribution in [0.2, 0.25) is 0 Å². The van der Waals surface area contributed by atoms with Gasteiger partial charge >= 0.3 is 5.97 Å². The zero-order valence-corrected chi connectivity index (χ0v) is 17.2. The minimum Gasteiger partial charge on any atom is -0.492 e. The van der Waals surface area contributed by atoms with E-state index >= 15 is 0 Å². The predicted octanol–water partition coefficient (Wildman–Crippen LogP) is 4.01. The Morgan fingerprint density at radius 1 is 1.36 bits per heavy atom. The van der Waals surface area contributed by atoms with E-state index in [1.807, 2.05) is 6.92 Å². The minimum atomic E-state index is -0.624. The first-order valence-corrected chi connectivity index (χ1v) is 9.86. The van der Waals surface area contributed by atoms with Crippen molar-refractivity contribution in [2.24, 2.45) is 5.92 Å². The Morgan fingerprint density at radius 2 is 2.11 bits per heavy atom. The third kappa shape index (κ3) is 3.68. The van der Waals surface area contributed by atoms with Crippen LogP contribution in [0.5, 0.6) is 5.75 Å². The van der Waals surface area contributed by atoms with Crippen molar-refractivity contribution < 1.29 is 14.3 Å². The van der Waals surface area contributed by atoms with Gasteiger partial charge in [-0.1, -0.05) is 27.2 Å². The third-order valence-electron chi connectivity index (χ3n) is 5.36. The second kappa shape index (κ2) is 8.17. The Bertz CT molecular complexity index is 946. The lowest BCUT2D eigenvalue weighted by Gasteiger charge is -2.30. The molecule has 1 aliphatic carbocycles. The Morgan fingerprint density at radius 3 is 2.75 bits per heavy atom. The molecule has 0 fully saturated rings. The zero-order valence-electron chi connectivity index (χ0n) is 17.2. The van der Waals surface area contributed by atoms with E-state index in [0.717, 1.165) is 47.5 Å². The van der Waals surface area contributed by atoms with Gasteiger partial charge in [-0.05, 0) is 54.9 Å². The lowest BCUT2D eigenvalue weighted by atomic mass is 9.77. The summed E-state index contributed by atoms with van der Waals surface area (Å²) < 4.78 is 10.7. The van der Waals surface area contributed by atoms with Gasteiger partial charge in [0.1, 0.15) is 11.3 Å². The first-order chi connectivity index (χ1) is 13.4. The molecule has 0 aromatic carbocycles. The number of aromatic nitrogens is 2. The summed E-state index contributed by atoms with van der Waals surface area (Å²) in [5.74, 6) is 0.665. The average molecular weight is 384 g/mol. The maximum atomic E-state index is 12.5. The molecule has 3 rings (SSSR count). The van der Waals surface area contributed by atoms with Crippen molar-refractivity contribution in [1.29, 1.82) is 0 Å². The van der Waals surface area contributed by atoms with Gasteiger partial charge in [-0.15, -0.1) is 0 Å². The van der Waals surface area contributed by atoms with Crippen molar-refractivity contribution in [1.82, 2.24) is 9.97 Å². The number of H-pyrrole nitrogens is 1. The fourth-order valence-electron chi connectivity index (χ4n) is 3.71. The quantitative estimate of drug-likeness (QED) is 0.601. The maximum Gasteiger partial charge on any atom is 0.343 e. The number of aryl methyl sites for hydroxylation is 1. The van der Waals surface area contributed by atoms with Crippen LogP contribution < -0.4 is 10.3 Å². The van der Waals surface area contributed by atoms with Crippen LogP contribution in [0.4, 0.5) is 0 Å². The van der Waals surface area contributed by atoms with Crippen molar-refractivity contribution in [2.75, 3.05) is 13.7 Å². The number of carbonyl (C=O) groups excluding carboxylic acids is 1. The highest BCUT2D eigenvalue weighted by Gasteiger charge is 2.31. The van der Waals surface area contributed by atoms with Gasteiger partial charge in [-0.2, -0.15) is 0 Å². The molecule has 2 heterocycles. The summed E-state index contributed by atoms with van der Waals surface area (Å²) in [4.78, 5) is 32.1. The number of hydrogen-bond acceptors (Lipinski definition) is 5. The molecule has 0 spiro atoms. The molecule has 2 aromatic rings. The number of nitrogens with one attached hydrogen (secondary N) is 1.